The van der Waals surface area contributed by atoms with Crippen LogP contribution in [0.15, 0.2) is 24.4 Å². The van der Waals surface area contributed by atoms with Crippen LogP contribution in [-0.2, 0) is 5.33 Å². The third-order valence-electron chi connectivity index (χ3n) is 3.79. The summed E-state index contributed by atoms with van der Waals surface area (Å²) in [4.78, 5) is 7.26. The Kier molecular flexibility index (Phi) is 3.06. The van der Waals surface area contributed by atoms with Crippen LogP contribution in [0.2, 0.25) is 0 Å². The van der Waals surface area contributed by atoms with E-state index in [1.54, 1.807) is 0 Å². The number of hydrogen-bond donors (Lipinski definition) is 0. The van der Waals surface area contributed by atoms with Crippen molar-refractivity contribution in [1.29, 1.82) is 0 Å². The van der Waals surface area contributed by atoms with Crippen LogP contribution < -0.4 is 4.90 Å². The Balaban J connectivity index is 2.11. The third-order valence-corrected chi connectivity index (χ3v) is 4.32. The molecule has 0 bridgehead atoms. The Morgan fingerprint density at radius 3 is 2.89 bits per heavy atom. The van der Waals surface area contributed by atoms with Gasteiger partial charge < -0.3 is 9.30 Å². The lowest BCUT2D eigenvalue weighted by Crippen LogP contribution is -2.27. The van der Waals surface area contributed by atoms with Gasteiger partial charge in [0.05, 0.1) is 5.69 Å². The van der Waals surface area contributed by atoms with Crippen molar-refractivity contribution in [3.63, 3.8) is 0 Å². The molecule has 18 heavy (non-hydrogen) atoms. The molecule has 2 atom stereocenters. The second kappa shape index (κ2) is 4.57. The first-order valence-corrected chi connectivity index (χ1v) is 7.61. The molecule has 0 radical (unpaired) electrons. The van der Waals surface area contributed by atoms with E-state index in [0.717, 1.165) is 29.3 Å². The number of anilines is 1. The van der Waals surface area contributed by atoms with Gasteiger partial charge in [0, 0.05) is 24.1 Å². The zero-order valence-electron chi connectivity index (χ0n) is 10.8. The third kappa shape index (κ3) is 1.83. The van der Waals surface area contributed by atoms with Gasteiger partial charge in [-0.25, -0.2) is 4.98 Å². The second-order valence-corrected chi connectivity index (χ2v) is 5.85. The minimum atomic E-state index is 0.586. The van der Waals surface area contributed by atoms with Crippen molar-refractivity contribution in [2.75, 3.05) is 11.4 Å². The smallest absolute Gasteiger partial charge is 0.152 e. The summed E-state index contributed by atoms with van der Waals surface area (Å²) in [5.41, 5.74) is 2.29. The van der Waals surface area contributed by atoms with Gasteiger partial charge in [-0.05, 0) is 31.4 Å². The maximum atomic E-state index is 4.81. The number of fused-ring (bicyclic) bond motifs is 1. The van der Waals surface area contributed by atoms with Gasteiger partial charge in [0.15, 0.2) is 5.82 Å². The van der Waals surface area contributed by atoms with Gasteiger partial charge in [-0.1, -0.05) is 28.9 Å². The molecule has 0 N–H and O–H groups in total. The highest BCUT2D eigenvalue weighted by molar-refractivity contribution is 9.08. The molecule has 0 aliphatic carbocycles. The standard InChI is InChI=1S/C14H18BrN3/c1-10-7-11(2)18(9-10)14-12(8-15)17-6-4-3-5-13(17)16-14/h3-6,10-11H,7-9H2,1-2H3. The lowest BCUT2D eigenvalue weighted by molar-refractivity contribution is 0.625. The summed E-state index contributed by atoms with van der Waals surface area (Å²) in [5, 5.41) is 0.838. The summed E-state index contributed by atoms with van der Waals surface area (Å²) in [6, 6.07) is 6.75. The second-order valence-electron chi connectivity index (χ2n) is 5.29. The molecule has 2 aromatic heterocycles. The Morgan fingerprint density at radius 1 is 1.39 bits per heavy atom. The molecule has 0 spiro atoms. The molecular weight excluding hydrogens is 290 g/mol. The molecule has 3 heterocycles. The van der Waals surface area contributed by atoms with E-state index in [9.17, 15) is 0 Å². The fraction of sp³-hybridized carbons (Fsp3) is 0.500. The summed E-state index contributed by atoms with van der Waals surface area (Å²) in [5.74, 6) is 1.91. The molecule has 0 aromatic carbocycles. The van der Waals surface area contributed by atoms with E-state index in [0.29, 0.717) is 6.04 Å². The molecule has 1 saturated heterocycles. The summed E-state index contributed by atoms with van der Waals surface area (Å²) < 4.78 is 2.18. The van der Waals surface area contributed by atoms with Crippen LogP contribution in [0.25, 0.3) is 5.65 Å². The number of hydrogen-bond acceptors (Lipinski definition) is 2. The average molecular weight is 308 g/mol. The highest BCUT2D eigenvalue weighted by Gasteiger charge is 2.29. The van der Waals surface area contributed by atoms with Gasteiger partial charge >= 0.3 is 0 Å². The van der Waals surface area contributed by atoms with E-state index in [2.05, 4.69) is 57.4 Å². The van der Waals surface area contributed by atoms with Crippen molar-refractivity contribution in [2.24, 2.45) is 5.92 Å². The Bertz CT molecular complexity index is 563. The quantitative estimate of drug-likeness (QED) is 0.792. The topological polar surface area (TPSA) is 20.5 Å². The summed E-state index contributed by atoms with van der Waals surface area (Å²) in [6.45, 7) is 5.73. The number of pyridine rings is 1. The Hall–Kier alpha value is -1.03. The van der Waals surface area contributed by atoms with Crippen LogP contribution in [0.1, 0.15) is 26.0 Å². The first kappa shape index (κ1) is 12.0. The van der Waals surface area contributed by atoms with Gasteiger partial charge in [-0.3, -0.25) is 0 Å². The van der Waals surface area contributed by atoms with E-state index in [-0.39, 0.29) is 0 Å². The fourth-order valence-corrected chi connectivity index (χ4v) is 3.50. The van der Waals surface area contributed by atoms with Gasteiger partial charge in [0.1, 0.15) is 5.65 Å². The van der Waals surface area contributed by atoms with Gasteiger partial charge in [0.2, 0.25) is 0 Å². The maximum absolute atomic E-state index is 4.81. The zero-order valence-corrected chi connectivity index (χ0v) is 12.4. The number of imidazole rings is 1. The molecule has 1 aliphatic heterocycles. The first-order chi connectivity index (χ1) is 8.70. The van der Waals surface area contributed by atoms with Crippen LogP contribution in [-0.4, -0.2) is 22.0 Å². The van der Waals surface area contributed by atoms with Gasteiger partial charge in [-0.2, -0.15) is 0 Å². The van der Waals surface area contributed by atoms with Gasteiger partial charge in [0.25, 0.3) is 0 Å². The van der Waals surface area contributed by atoms with Crippen LogP contribution in [0.5, 0.6) is 0 Å². The van der Waals surface area contributed by atoms with Crippen LogP contribution in [0.4, 0.5) is 5.82 Å². The van der Waals surface area contributed by atoms with Crippen molar-refractivity contribution in [3.8, 4) is 0 Å². The number of nitrogens with zero attached hydrogens (tertiary/aromatic N) is 3. The minimum absolute atomic E-state index is 0.586. The molecule has 0 amide bonds. The highest BCUT2D eigenvalue weighted by atomic mass is 79.9. The maximum Gasteiger partial charge on any atom is 0.152 e. The number of aromatic nitrogens is 2. The summed E-state index contributed by atoms with van der Waals surface area (Å²) >= 11 is 3.60. The molecule has 4 heteroatoms. The van der Waals surface area contributed by atoms with Gasteiger partial charge in [-0.15, -0.1) is 0 Å². The Morgan fingerprint density at radius 2 is 2.22 bits per heavy atom. The number of halogens is 1. The van der Waals surface area contributed by atoms with Crippen molar-refractivity contribution in [3.05, 3.63) is 30.1 Å². The number of alkyl halides is 1. The van der Waals surface area contributed by atoms with E-state index in [4.69, 9.17) is 4.98 Å². The van der Waals surface area contributed by atoms with Crippen molar-refractivity contribution in [1.82, 2.24) is 9.38 Å². The highest BCUT2D eigenvalue weighted by Crippen LogP contribution is 2.32. The predicted octanol–water partition coefficient (Wildman–Crippen LogP) is 3.46. The van der Waals surface area contributed by atoms with E-state index in [1.165, 1.54) is 12.1 Å². The molecule has 2 aromatic rings. The molecule has 3 rings (SSSR count). The lowest BCUT2D eigenvalue weighted by atomic mass is 10.1. The molecule has 0 saturated carbocycles. The zero-order chi connectivity index (χ0) is 12.7. The molecule has 1 aliphatic rings. The van der Waals surface area contributed by atoms with Crippen LogP contribution in [0.3, 0.4) is 0 Å². The Labute approximate surface area is 116 Å². The molecule has 3 nitrogen and oxygen atoms in total. The van der Waals surface area contributed by atoms with Crippen molar-refractivity contribution < 1.29 is 0 Å². The van der Waals surface area contributed by atoms with Crippen molar-refractivity contribution >= 4 is 27.4 Å². The molecule has 2 unspecified atom stereocenters. The van der Waals surface area contributed by atoms with E-state index >= 15 is 0 Å². The lowest BCUT2D eigenvalue weighted by Gasteiger charge is -2.22. The number of rotatable bonds is 2. The van der Waals surface area contributed by atoms with E-state index in [1.807, 2.05) is 6.07 Å². The van der Waals surface area contributed by atoms with Crippen LogP contribution >= 0.6 is 15.9 Å². The summed E-state index contributed by atoms with van der Waals surface area (Å²) in [6.07, 6.45) is 3.35. The SMILES string of the molecule is CC1CC(C)N(c2nc3ccccn3c2CBr)C1. The normalized spacial score (nSPS) is 24.1. The largest absolute Gasteiger partial charge is 0.352 e. The predicted molar refractivity (Wildman–Crippen MR) is 78.4 cm³/mol. The average Bonchev–Trinajstić information content (AvgIpc) is 2.88. The molecular formula is C14H18BrN3. The minimum Gasteiger partial charge on any atom is -0.352 e. The first-order valence-electron chi connectivity index (χ1n) is 6.49. The summed E-state index contributed by atoms with van der Waals surface area (Å²) in [7, 11) is 0. The van der Waals surface area contributed by atoms with E-state index < -0.39 is 0 Å². The molecule has 96 valence electrons. The van der Waals surface area contributed by atoms with Crippen molar-refractivity contribution in [2.45, 2.75) is 31.6 Å². The fourth-order valence-electron chi connectivity index (χ4n) is 2.98. The monoisotopic (exact) mass is 307 g/mol. The molecule has 1 fully saturated rings. The van der Waals surface area contributed by atoms with Crippen LogP contribution in [0, 0.1) is 5.92 Å².